The van der Waals surface area contributed by atoms with Crippen molar-refractivity contribution in [2.75, 3.05) is 12.8 Å². The average Bonchev–Trinajstić information content (AvgIpc) is 2.37. The van der Waals surface area contributed by atoms with Gasteiger partial charge < -0.3 is 10.5 Å². The summed E-state index contributed by atoms with van der Waals surface area (Å²) in [5, 5.41) is 0. The standard InChI is InChI=1S/C15H17N3O2/c1-9-5-4-6-11(7-9)8-12-17-10(2)13(14(16)18-12)15(19)20-3/h4-7H,8H2,1-3H3,(H2,16,17,18). The summed E-state index contributed by atoms with van der Waals surface area (Å²) in [7, 11) is 1.31. The van der Waals surface area contributed by atoms with Crippen LogP contribution in [0.25, 0.3) is 0 Å². The second kappa shape index (κ2) is 5.69. The second-order valence-corrected chi connectivity index (χ2v) is 4.64. The predicted molar refractivity (Wildman–Crippen MR) is 76.5 cm³/mol. The van der Waals surface area contributed by atoms with Gasteiger partial charge in [-0.05, 0) is 19.4 Å². The van der Waals surface area contributed by atoms with E-state index in [9.17, 15) is 4.79 Å². The van der Waals surface area contributed by atoms with Crippen molar-refractivity contribution in [2.45, 2.75) is 20.3 Å². The zero-order valence-electron chi connectivity index (χ0n) is 11.8. The Labute approximate surface area is 117 Å². The van der Waals surface area contributed by atoms with Crippen molar-refractivity contribution < 1.29 is 9.53 Å². The number of benzene rings is 1. The highest BCUT2D eigenvalue weighted by Crippen LogP contribution is 2.16. The molecule has 0 spiro atoms. The van der Waals surface area contributed by atoms with E-state index in [0.717, 1.165) is 5.56 Å². The first kappa shape index (κ1) is 14.0. The van der Waals surface area contributed by atoms with Crippen LogP contribution in [-0.2, 0) is 11.2 Å². The van der Waals surface area contributed by atoms with E-state index in [0.29, 0.717) is 17.9 Å². The Balaban J connectivity index is 2.33. The van der Waals surface area contributed by atoms with Gasteiger partial charge in [0.2, 0.25) is 0 Å². The molecule has 0 amide bonds. The van der Waals surface area contributed by atoms with Gasteiger partial charge >= 0.3 is 5.97 Å². The molecule has 0 aliphatic rings. The summed E-state index contributed by atoms with van der Waals surface area (Å²) < 4.78 is 4.67. The van der Waals surface area contributed by atoms with Gasteiger partial charge in [0.05, 0.1) is 12.8 Å². The van der Waals surface area contributed by atoms with Gasteiger partial charge in [-0.3, -0.25) is 0 Å². The Morgan fingerprint density at radius 3 is 2.65 bits per heavy atom. The number of hydrogen-bond acceptors (Lipinski definition) is 5. The topological polar surface area (TPSA) is 78.1 Å². The normalized spacial score (nSPS) is 10.3. The van der Waals surface area contributed by atoms with E-state index >= 15 is 0 Å². The Morgan fingerprint density at radius 2 is 2.05 bits per heavy atom. The number of carbonyl (C=O) groups excluding carboxylic acids is 1. The molecule has 0 unspecified atom stereocenters. The number of hydrogen-bond donors (Lipinski definition) is 1. The van der Waals surface area contributed by atoms with Crippen LogP contribution in [0.3, 0.4) is 0 Å². The van der Waals surface area contributed by atoms with E-state index in [2.05, 4.69) is 20.8 Å². The molecule has 0 saturated heterocycles. The number of aryl methyl sites for hydroxylation is 2. The molecule has 1 aromatic heterocycles. The smallest absolute Gasteiger partial charge is 0.343 e. The van der Waals surface area contributed by atoms with E-state index in [4.69, 9.17) is 5.73 Å². The number of aromatic nitrogens is 2. The number of rotatable bonds is 3. The first-order chi connectivity index (χ1) is 9.51. The maximum Gasteiger partial charge on any atom is 0.343 e. The third-order valence-electron chi connectivity index (χ3n) is 3.00. The molecule has 0 radical (unpaired) electrons. The number of nitrogens with two attached hydrogens (primary N) is 1. The van der Waals surface area contributed by atoms with Crippen LogP contribution < -0.4 is 5.73 Å². The molecular weight excluding hydrogens is 254 g/mol. The summed E-state index contributed by atoms with van der Waals surface area (Å²) in [5.41, 5.74) is 8.89. The molecule has 0 aliphatic heterocycles. The first-order valence-electron chi connectivity index (χ1n) is 6.28. The minimum atomic E-state index is -0.512. The minimum absolute atomic E-state index is 0.159. The Bertz CT molecular complexity index is 630. The van der Waals surface area contributed by atoms with Crippen molar-refractivity contribution in [3.63, 3.8) is 0 Å². The Morgan fingerprint density at radius 1 is 1.30 bits per heavy atom. The highest BCUT2D eigenvalue weighted by atomic mass is 16.5. The lowest BCUT2D eigenvalue weighted by atomic mass is 10.1. The fraction of sp³-hybridized carbons (Fsp3) is 0.267. The van der Waals surface area contributed by atoms with Crippen LogP contribution >= 0.6 is 0 Å². The summed E-state index contributed by atoms with van der Waals surface area (Å²) in [6.45, 7) is 3.76. The van der Waals surface area contributed by atoms with E-state index in [1.54, 1.807) is 6.92 Å². The lowest BCUT2D eigenvalue weighted by Gasteiger charge is -2.09. The molecule has 104 valence electrons. The number of ether oxygens (including phenoxy) is 1. The molecule has 0 saturated carbocycles. The van der Waals surface area contributed by atoms with E-state index < -0.39 is 5.97 Å². The minimum Gasteiger partial charge on any atom is -0.465 e. The van der Waals surface area contributed by atoms with Crippen LogP contribution in [0.15, 0.2) is 24.3 Å². The fourth-order valence-electron chi connectivity index (χ4n) is 2.09. The molecule has 1 aromatic carbocycles. The van der Waals surface area contributed by atoms with Gasteiger partial charge in [0.25, 0.3) is 0 Å². The van der Waals surface area contributed by atoms with Crippen molar-refractivity contribution in [2.24, 2.45) is 0 Å². The third-order valence-corrected chi connectivity index (χ3v) is 3.00. The molecule has 2 aromatic rings. The van der Waals surface area contributed by atoms with E-state index in [1.807, 2.05) is 25.1 Å². The average molecular weight is 271 g/mol. The maximum atomic E-state index is 11.6. The van der Waals surface area contributed by atoms with Gasteiger partial charge in [-0.2, -0.15) is 0 Å². The summed E-state index contributed by atoms with van der Waals surface area (Å²) in [6, 6.07) is 8.10. The van der Waals surface area contributed by atoms with Crippen molar-refractivity contribution in [3.8, 4) is 0 Å². The lowest BCUT2D eigenvalue weighted by molar-refractivity contribution is 0.0600. The fourth-order valence-corrected chi connectivity index (χ4v) is 2.09. The monoisotopic (exact) mass is 271 g/mol. The molecule has 5 nitrogen and oxygen atoms in total. The number of methoxy groups -OCH3 is 1. The largest absolute Gasteiger partial charge is 0.465 e. The maximum absolute atomic E-state index is 11.6. The molecule has 0 aliphatic carbocycles. The molecule has 0 atom stereocenters. The van der Waals surface area contributed by atoms with Gasteiger partial charge in [-0.15, -0.1) is 0 Å². The van der Waals surface area contributed by atoms with Crippen LogP contribution in [0, 0.1) is 13.8 Å². The van der Waals surface area contributed by atoms with Crippen molar-refractivity contribution in [1.29, 1.82) is 0 Å². The van der Waals surface area contributed by atoms with Crippen molar-refractivity contribution in [1.82, 2.24) is 9.97 Å². The highest BCUT2D eigenvalue weighted by molar-refractivity contribution is 5.95. The third kappa shape index (κ3) is 2.93. The SMILES string of the molecule is COC(=O)c1c(C)nc(Cc2cccc(C)c2)nc1N. The number of nitrogen functional groups attached to an aromatic ring is 1. The van der Waals surface area contributed by atoms with Crippen LogP contribution in [0.4, 0.5) is 5.82 Å². The lowest BCUT2D eigenvalue weighted by Crippen LogP contribution is -2.13. The quantitative estimate of drug-likeness (QED) is 0.864. The first-order valence-corrected chi connectivity index (χ1v) is 6.28. The van der Waals surface area contributed by atoms with Gasteiger partial charge in [0.1, 0.15) is 17.2 Å². The predicted octanol–water partition coefficient (Wildman–Crippen LogP) is 2.05. The summed E-state index contributed by atoms with van der Waals surface area (Å²) >= 11 is 0. The molecule has 2 N–H and O–H groups in total. The van der Waals surface area contributed by atoms with Crippen LogP contribution in [0.1, 0.15) is 33.0 Å². The zero-order valence-corrected chi connectivity index (χ0v) is 11.8. The number of nitrogens with zero attached hydrogens (tertiary/aromatic N) is 2. The van der Waals surface area contributed by atoms with Crippen LogP contribution in [0.2, 0.25) is 0 Å². The van der Waals surface area contributed by atoms with Crippen molar-refractivity contribution >= 4 is 11.8 Å². The molecule has 1 heterocycles. The Kier molecular flexibility index (Phi) is 3.98. The van der Waals surface area contributed by atoms with Gasteiger partial charge in [-0.1, -0.05) is 29.8 Å². The number of anilines is 1. The van der Waals surface area contributed by atoms with E-state index in [1.165, 1.54) is 12.7 Å². The highest BCUT2D eigenvalue weighted by Gasteiger charge is 2.17. The van der Waals surface area contributed by atoms with Gasteiger partial charge in [-0.25, -0.2) is 14.8 Å². The summed E-state index contributed by atoms with van der Waals surface area (Å²) in [4.78, 5) is 20.1. The van der Waals surface area contributed by atoms with Gasteiger partial charge in [0, 0.05) is 6.42 Å². The van der Waals surface area contributed by atoms with Crippen LogP contribution in [-0.4, -0.2) is 23.0 Å². The van der Waals surface area contributed by atoms with E-state index in [-0.39, 0.29) is 11.4 Å². The molecular formula is C15H17N3O2. The number of carbonyl (C=O) groups is 1. The number of esters is 1. The second-order valence-electron chi connectivity index (χ2n) is 4.64. The van der Waals surface area contributed by atoms with Gasteiger partial charge in [0.15, 0.2) is 0 Å². The molecule has 5 heteroatoms. The molecule has 20 heavy (non-hydrogen) atoms. The van der Waals surface area contributed by atoms with Crippen molar-refractivity contribution in [3.05, 3.63) is 52.5 Å². The molecule has 2 rings (SSSR count). The molecule has 0 bridgehead atoms. The molecule has 0 fully saturated rings. The zero-order chi connectivity index (χ0) is 14.7. The summed E-state index contributed by atoms with van der Waals surface area (Å²) in [5.74, 6) is 0.243. The Hall–Kier alpha value is -2.43. The van der Waals surface area contributed by atoms with Crippen LogP contribution in [0.5, 0.6) is 0 Å². The summed E-state index contributed by atoms with van der Waals surface area (Å²) in [6.07, 6.45) is 0.578.